The van der Waals surface area contributed by atoms with E-state index >= 15 is 0 Å². The van der Waals surface area contributed by atoms with Crippen LogP contribution in [0.4, 0.5) is 4.79 Å². The maximum atomic E-state index is 11.9. The molecule has 122 valence electrons. The van der Waals surface area contributed by atoms with Crippen LogP contribution in [0.25, 0.3) is 0 Å². The highest BCUT2D eigenvalue weighted by atomic mass is 16.5. The second kappa shape index (κ2) is 9.43. The summed E-state index contributed by atoms with van der Waals surface area (Å²) in [5.74, 6) is 0.548. The molecule has 5 heteroatoms. The third-order valence-corrected chi connectivity index (χ3v) is 3.95. The number of benzene rings is 1. The van der Waals surface area contributed by atoms with Crippen LogP contribution in [0.1, 0.15) is 18.4 Å². The van der Waals surface area contributed by atoms with Crippen molar-refractivity contribution in [1.82, 2.24) is 10.2 Å². The van der Waals surface area contributed by atoms with Crippen molar-refractivity contribution in [2.45, 2.75) is 19.4 Å². The van der Waals surface area contributed by atoms with Crippen LogP contribution >= 0.6 is 0 Å². The van der Waals surface area contributed by atoms with E-state index in [0.717, 1.165) is 32.5 Å². The fourth-order valence-electron chi connectivity index (χ4n) is 2.59. The van der Waals surface area contributed by atoms with Crippen molar-refractivity contribution in [2.75, 3.05) is 40.0 Å². The molecule has 1 aromatic rings. The summed E-state index contributed by atoms with van der Waals surface area (Å²) in [7, 11) is 1.63. The molecule has 0 radical (unpaired) electrons. The first-order valence-electron chi connectivity index (χ1n) is 7.93. The third kappa shape index (κ3) is 5.66. The monoisotopic (exact) mass is 306 g/mol. The van der Waals surface area contributed by atoms with E-state index < -0.39 is 0 Å². The van der Waals surface area contributed by atoms with Crippen molar-refractivity contribution in [3.63, 3.8) is 0 Å². The molecule has 22 heavy (non-hydrogen) atoms. The highest BCUT2D eigenvalue weighted by Gasteiger charge is 2.22. The Morgan fingerprint density at radius 2 is 2.00 bits per heavy atom. The maximum Gasteiger partial charge on any atom is 0.317 e. The quantitative estimate of drug-likeness (QED) is 0.786. The van der Waals surface area contributed by atoms with Gasteiger partial charge in [-0.1, -0.05) is 30.3 Å². The van der Waals surface area contributed by atoms with E-state index in [4.69, 9.17) is 9.47 Å². The molecule has 0 spiro atoms. The zero-order chi connectivity index (χ0) is 15.6. The van der Waals surface area contributed by atoms with Gasteiger partial charge in [-0.25, -0.2) is 4.79 Å². The first-order chi connectivity index (χ1) is 10.8. The number of likely N-dealkylation sites (tertiary alicyclic amines) is 1. The van der Waals surface area contributed by atoms with Gasteiger partial charge in [0.15, 0.2) is 0 Å². The number of amides is 2. The van der Waals surface area contributed by atoms with E-state index in [1.807, 2.05) is 23.1 Å². The number of nitrogens with zero attached hydrogens (tertiary/aromatic N) is 1. The van der Waals surface area contributed by atoms with Gasteiger partial charge in [0.25, 0.3) is 0 Å². The summed E-state index contributed by atoms with van der Waals surface area (Å²) < 4.78 is 10.7. The van der Waals surface area contributed by atoms with Crippen LogP contribution in [0.2, 0.25) is 0 Å². The van der Waals surface area contributed by atoms with Gasteiger partial charge in [0, 0.05) is 33.4 Å². The van der Waals surface area contributed by atoms with E-state index in [1.54, 1.807) is 7.11 Å². The lowest BCUT2D eigenvalue weighted by atomic mass is 9.98. The van der Waals surface area contributed by atoms with Crippen LogP contribution in [0.15, 0.2) is 30.3 Å². The normalized spacial score (nSPS) is 15.8. The first kappa shape index (κ1) is 16.8. The van der Waals surface area contributed by atoms with E-state index in [0.29, 0.717) is 25.7 Å². The smallest absolute Gasteiger partial charge is 0.317 e. The molecule has 1 aromatic carbocycles. The molecular weight excluding hydrogens is 280 g/mol. The molecule has 0 saturated carbocycles. The fourth-order valence-corrected chi connectivity index (χ4v) is 2.59. The Hall–Kier alpha value is -1.59. The summed E-state index contributed by atoms with van der Waals surface area (Å²) in [4.78, 5) is 13.8. The lowest BCUT2D eigenvalue weighted by molar-refractivity contribution is 0.0627. The van der Waals surface area contributed by atoms with Gasteiger partial charge in [0.2, 0.25) is 0 Å². The second-order valence-electron chi connectivity index (χ2n) is 5.66. The minimum absolute atomic E-state index is 0.0145. The average Bonchev–Trinajstić information content (AvgIpc) is 2.56. The van der Waals surface area contributed by atoms with Gasteiger partial charge >= 0.3 is 6.03 Å². The van der Waals surface area contributed by atoms with E-state index in [-0.39, 0.29) is 6.03 Å². The molecule has 5 nitrogen and oxygen atoms in total. The van der Waals surface area contributed by atoms with Crippen molar-refractivity contribution in [1.29, 1.82) is 0 Å². The minimum Gasteiger partial charge on any atom is -0.383 e. The predicted octanol–water partition coefficient (Wildman–Crippen LogP) is 2.27. The lowest BCUT2D eigenvalue weighted by Crippen LogP contribution is -2.45. The average molecular weight is 306 g/mol. The topological polar surface area (TPSA) is 50.8 Å². The number of piperidine rings is 1. The van der Waals surface area contributed by atoms with E-state index in [1.165, 1.54) is 5.56 Å². The number of methoxy groups -OCH3 is 1. The van der Waals surface area contributed by atoms with Crippen molar-refractivity contribution in [3.05, 3.63) is 35.9 Å². The maximum absolute atomic E-state index is 11.9. The predicted molar refractivity (Wildman–Crippen MR) is 85.7 cm³/mol. The van der Waals surface area contributed by atoms with Gasteiger partial charge in [0.05, 0.1) is 13.2 Å². The Morgan fingerprint density at radius 3 is 2.68 bits per heavy atom. The zero-order valence-electron chi connectivity index (χ0n) is 13.3. The molecular formula is C17H26N2O3. The molecule has 0 unspecified atom stereocenters. The summed E-state index contributed by atoms with van der Waals surface area (Å²) in [6, 6.07) is 10.2. The molecule has 1 aliphatic heterocycles. The number of carbonyl (C=O) groups excluding carboxylic acids is 1. The Morgan fingerprint density at radius 1 is 1.27 bits per heavy atom. The Bertz CT molecular complexity index is 431. The molecule has 2 amide bonds. The summed E-state index contributed by atoms with van der Waals surface area (Å²) >= 11 is 0. The van der Waals surface area contributed by atoms with Crippen LogP contribution in [-0.2, 0) is 16.1 Å². The van der Waals surface area contributed by atoms with Crippen LogP contribution in [0.3, 0.4) is 0 Å². The zero-order valence-corrected chi connectivity index (χ0v) is 13.3. The molecule has 1 aliphatic rings. The van der Waals surface area contributed by atoms with Crippen LogP contribution in [-0.4, -0.2) is 50.9 Å². The molecule has 0 aromatic heterocycles. The van der Waals surface area contributed by atoms with Gasteiger partial charge in [-0.15, -0.1) is 0 Å². The fraction of sp³-hybridized carbons (Fsp3) is 0.588. The SMILES string of the molecule is COCCNC(=O)N1CCC(COCc2ccccc2)CC1. The molecule has 2 rings (SSSR count). The standard InChI is InChI=1S/C17H26N2O3/c1-21-12-9-18-17(20)19-10-7-16(8-11-19)14-22-13-15-5-3-2-4-6-15/h2-6,16H,7-14H2,1H3,(H,18,20). The van der Waals surface area contributed by atoms with Crippen molar-refractivity contribution in [2.24, 2.45) is 5.92 Å². The molecule has 1 N–H and O–H groups in total. The lowest BCUT2D eigenvalue weighted by Gasteiger charge is -2.31. The number of nitrogens with one attached hydrogen (secondary N) is 1. The number of hydrogen-bond donors (Lipinski definition) is 1. The highest BCUT2D eigenvalue weighted by Crippen LogP contribution is 2.18. The van der Waals surface area contributed by atoms with Crippen molar-refractivity contribution in [3.8, 4) is 0 Å². The highest BCUT2D eigenvalue weighted by molar-refractivity contribution is 5.74. The number of ether oxygens (including phenoxy) is 2. The minimum atomic E-state index is 0.0145. The van der Waals surface area contributed by atoms with Crippen molar-refractivity contribution < 1.29 is 14.3 Å². The Labute approximate surface area is 132 Å². The third-order valence-electron chi connectivity index (χ3n) is 3.95. The first-order valence-corrected chi connectivity index (χ1v) is 7.93. The molecule has 0 bridgehead atoms. The largest absolute Gasteiger partial charge is 0.383 e. The van der Waals surface area contributed by atoms with Gasteiger partial charge < -0.3 is 19.7 Å². The molecule has 0 atom stereocenters. The summed E-state index contributed by atoms with van der Waals surface area (Å²) in [5, 5.41) is 2.86. The van der Waals surface area contributed by atoms with Crippen LogP contribution in [0, 0.1) is 5.92 Å². The summed E-state index contributed by atoms with van der Waals surface area (Å²) in [5.41, 5.74) is 1.21. The summed E-state index contributed by atoms with van der Waals surface area (Å²) in [6.07, 6.45) is 2.01. The van der Waals surface area contributed by atoms with Crippen LogP contribution in [0.5, 0.6) is 0 Å². The van der Waals surface area contributed by atoms with Gasteiger partial charge in [-0.2, -0.15) is 0 Å². The number of rotatable bonds is 7. The van der Waals surface area contributed by atoms with Crippen molar-refractivity contribution >= 4 is 6.03 Å². The van der Waals surface area contributed by atoms with E-state index in [9.17, 15) is 4.79 Å². The number of hydrogen-bond acceptors (Lipinski definition) is 3. The molecule has 1 saturated heterocycles. The van der Waals surface area contributed by atoms with E-state index in [2.05, 4.69) is 17.4 Å². The Balaban J connectivity index is 1.59. The summed E-state index contributed by atoms with van der Waals surface area (Å²) in [6.45, 7) is 4.16. The van der Waals surface area contributed by atoms with Crippen LogP contribution < -0.4 is 5.32 Å². The van der Waals surface area contributed by atoms with Gasteiger partial charge in [-0.3, -0.25) is 0 Å². The van der Waals surface area contributed by atoms with Gasteiger partial charge in [-0.05, 0) is 24.3 Å². The van der Waals surface area contributed by atoms with Gasteiger partial charge in [0.1, 0.15) is 0 Å². The molecule has 1 fully saturated rings. The molecule has 0 aliphatic carbocycles. The Kier molecular flexibility index (Phi) is 7.19. The molecule has 1 heterocycles. The number of urea groups is 1. The second-order valence-corrected chi connectivity index (χ2v) is 5.66. The number of carbonyl (C=O) groups is 1.